The van der Waals surface area contributed by atoms with Gasteiger partial charge < -0.3 is 15.0 Å². The molecule has 1 aliphatic heterocycles. The molecule has 1 aliphatic rings. The van der Waals surface area contributed by atoms with E-state index in [0.717, 1.165) is 42.8 Å². The Labute approximate surface area is 117 Å². The van der Waals surface area contributed by atoms with Crippen LogP contribution in [-0.2, 0) is 4.74 Å². The molecule has 1 aromatic heterocycles. The quantitative estimate of drug-likeness (QED) is 0.837. The second-order valence-electron chi connectivity index (χ2n) is 4.77. The highest BCUT2D eigenvalue weighted by Gasteiger charge is 2.19. The van der Waals surface area contributed by atoms with Crippen molar-refractivity contribution in [2.45, 2.75) is 0 Å². The third kappa shape index (κ3) is 2.20. The van der Waals surface area contributed by atoms with Gasteiger partial charge in [-0.25, -0.2) is 9.78 Å². The Kier molecular flexibility index (Phi) is 3.52. The van der Waals surface area contributed by atoms with Crippen LogP contribution in [0.25, 0.3) is 10.8 Å². The molecule has 1 N–H and O–H groups in total. The molecule has 104 valence electrons. The third-order valence-corrected chi connectivity index (χ3v) is 3.59. The number of piperazine rings is 1. The van der Waals surface area contributed by atoms with Crippen LogP contribution in [0.1, 0.15) is 10.4 Å². The van der Waals surface area contributed by atoms with E-state index in [4.69, 9.17) is 4.74 Å². The van der Waals surface area contributed by atoms with Gasteiger partial charge in [-0.05, 0) is 17.5 Å². The molecule has 5 heteroatoms. The molecule has 3 rings (SSSR count). The van der Waals surface area contributed by atoms with Crippen molar-refractivity contribution in [2.24, 2.45) is 0 Å². The monoisotopic (exact) mass is 271 g/mol. The van der Waals surface area contributed by atoms with E-state index in [1.807, 2.05) is 18.2 Å². The molecule has 0 bridgehead atoms. The average Bonchev–Trinajstić information content (AvgIpc) is 2.53. The van der Waals surface area contributed by atoms with E-state index in [-0.39, 0.29) is 5.97 Å². The van der Waals surface area contributed by atoms with E-state index in [1.165, 1.54) is 7.11 Å². The van der Waals surface area contributed by atoms with E-state index in [0.29, 0.717) is 5.56 Å². The number of fused-ring (bicyclic) bond motifs is 1. The number of anilines is 1. The number of hydrogen-bond donors (Lipinski definition) is 1. The zero-order valence-electron chi connectivity index (χ0n) is 11.4. The summed E-state index contributed by atoms with van der Waals surface area (Å²) in [5.41, 5.74) is 0.576. The molecule has 20 heavy (non-hydrogen) atoms. The molecular weight excluding hydrogens is 254 g/mol. The molecule has 1 aromatic carbocycles. The molecule has 1 saturated heterocycles. The lowest BCUT2D eigenvalue weighted by Crippen LogP contribution is -2.44. The maximum absolute atomic E-state index is 12.0. The van der Waals surface area contributed by atoms with Gasteiger partial charge >= 0.3 is 5.97 Å². The van der Waals surface area contributed by atoms with E-state index >= 15 is 0 Å². The number of nitrogens with zero attached hydrogens (tertiary/aromatic N) is 2. The Hall–Kier alpha value is -2.14. The van der Waals surface area contributed by atoms with Crippen molar-refractivity contribution >= 4 is 22.6 Å². The van der Waals surface area contributed by atoms with E-state index < -0.39 is 0 Å². The number of nitrogens with one attached hydrogen (secondary N) is 1. The summed E-state index contributed by atoms with van der Waals surface area (Å²) in [7, 11) is 1.40. The lowest BCUT2D eigenvalue weighted by Gasteiger charge is -2.29. The second-order valence-corrected chi connectivity index (χ2v) is 4.77. The second kappa shape index (κ2) is 5.46. The summed E-state index contributed by atoms with van der Waals surface area (Å²) < 4.78 is 4.89. The lowest BCUT2D eigenvalue weighted by molar-refractivity contribution is 0.0603. The first kappa shape index (κ1) is 12.9. The number of methoxy groups -OCH3 is 1. The molecule has 0 spiro atoms. The van der Waals surface area contributed by atoms with Crippen LogP contribution in [0.5, 0.6) is 0 Å². The molecule has 0 radical (unpaired) electrons. The smallest absolute Gasteiger partial charge is 0.338 e. The standard InChI is InChI=1S/C15H17N3O2/c1-20-15(19)12-4-2-3-11-5-6-17-14(13(11)12)18-9-7-16-8-10-18/h2-6,16H,7-10H2,1H3. The molecule has 0 unspecified atom stereocenters. The normalized spacial score (nSPS) is 15.3. The maximum atomic E-state index is 12.0. The number of aromatic nitrogens is 1. The fourth-order valence-electron chi connectivity index (χ4n) is 2.61. The molecule has 2 heterocycles. The number of pyridine rings is 1. The number of rotatable bonds is 2. The fraction of sp³-hybridized carbons (Fsp3) is 0.333. The Morgan fingerprint density at radius 3 is 2.85 bits per heavy atom. The highest BCUT2D eigenvalue weighted by molar-refractivity contribution is 6.08. The van der Waals surface area contributed by atoms with Crippen molar-refractivity contribution < 1.29 is 9.53 Å². The van der Waals surface area contributed by atoms with E-state index in [1.54, 1.807) is 12.3 Å². The largest absolute Gasteiger partial charge is 0.465 e. The van der Waals surface area contributed by atoms with Crippen LogP contribution in [0.2, 0.25) is 0 Å². The van der Waals surface area contributed by atoms with Crippen LogP contribution in [0, 0.1) is 0 Å². The summed E-state index contributed by atoms with van der Waals surface area (Å²) >= 11 is 0. The van der Waals surface area contributed by atoms with Crippen LogP contribution in [-0.4, -0.2) is 44.2 Å². The zero-order valence-corrected chi connectivity index (χ0v) is 11.4. The van der Waals surface area contributed by atoms with Gasteiger partial charge in [-0.2, -0.15) is 0 Å². The number of carbonyl (C=O) groups is 1. The van der Waals surface area contributed by atoms with Gasteiger partial charge in [-0.3, -0.25) is 0 Å². The summed E-state index contributed by atoms with van der Waals surface area (Å²) in [6.45, 7) is 3.64. The summed E-state index contributed by atoms with van der Waals surface area (Å²) in [6.07, 6.45) is 1.79. The SMILES string of the molecule is COC(=O)c1cccc2ccnc(N3CCNCC3)c12. The summed E-state index contributed by atoms with van der Waals surface area (Å²) in [6, 6.07) is 7.58. The van der Waals surface area contributed by atoms with Crippen molar-refractivity contribution in [2.75, 3.05) is 38.2 Å². The average molecular weight is 271 g/mol. The highest BCUT2D eigenvalue weighted by Crippen LogP contribution is 2.28. The summed E-state index contributed by atoms with van der Waals surface area (Å²) in [5.74, 6) is 0.546. The number of carbonyl (C=O) groups excluding carboxylic acids is 1. The maximum Gasteiger partial charge on any atom is 0.338 e. The number of hydrogen-bond acceptors (Lipinski definition) is 5. The van der Waals surface area contributed by atoms with Crippen LogP contribution < -0.4 is 10.2 Å². The minimum atomic E-state index is -0.319. The molecule has 0 saturated carbocycles. The molecule has 0 aliphatic carbocycles. The first-order valence-corrected chi connectivity index (χ1v) is 6.73. The van der Waals surface area contributed by atoms with Gasteiger partial charge in [0.15, 0.2) is 0 Å². The Balaban J connectivity index is 2.18. The zero-order chi connectivity index (χ0) is 13.9. The van der Waals surface area contributed by atoms with Crippen LogP contribution in [0.3, 0.4) is 0 Å². The van der Waals surface area contributed by atoms with Crippen molar-refractivity contribution in [1.29, 1.82) is 0 Å². The highest BCUT2D eigenvalue weighted by atomic mass is 16.5. The molecule has 1 fully saturated rings. The van der Waals surface area contributed by atoms with Gasteiger partial charge in [-0.1, -0.05) is 12.1 Å². The Morgan fingerprint density at radius 1 is 1.30 bits per heavy atom. The molecule has 0 atom stereocenters. The van der Waals surface area contributed by atoms with Crippen molar-refractivity contribution in [3.05, 3.63) is 36.0 Å². The minimum absolute atomic E-state index is 0.319. The van der Waals surface area contributed by atoms with E-state index in [9.17, 15) is 4.79 Å². The van der Waals surface area contributed by atoms with Crippen molar-refractivity contribution in [1.82, 2.24) is 10.3 Å². The topological polar surface area (TPSA) is 54.5 Å². The Morgan fingerprint density at radius 2 is 2.10 bits per heavy atom. The van der Waals surface area contributed by atoms with Gasteiger partial charge in [0.2, 0.25) is 0 Å². The molecular formula is C15H17N3O2. The van der Waals surface area contributed by atoms with Gasteiger partial charge in [0, 0.05) is 37.8 Å². The summed E-state index contributed by atoms with van der Waals surface area (Å²) in [5, 5.41) is 5.21. The minimum Gasteiger partial charge on any atom is -0.465 e. The third-order valence-electron chi connectivity index (χ3n) is 3.59. The van der Waals surface area contributed by atoms with Crippen LogP contribution >= 0.6 is 0 Å². The summed E-state index contributed by atoms with van der Waals surface area (Å²) in [4.78, 5) is 18.7. The van der Waals surface area contributed by atoms with Gasteiger partial charge in [0.25, 0.3) is 0 Å². The number of benzene rings is 1. The Bertz CT molecular complexity index is 631. The predicted molar refractivity (Wildman–Crippen MR) is 78.2 cm³/mol. The van der Waals surface area contributed by atoms with Crippen LogP contribution in [0.4, 0.5) is 5.82 Å². The molecule has 5 nitrogen and oxygen atoms in total. The number of esters is 1. The van der Waals surface area contributed by atoms with Crippen molar-refractivity contribution in [3.8, 4) is 0 Å². The molecule has 0 amide bonds. The number of ether oxygens (including phenoxy) is 1. The van der Waals surface area contributed by atoms with Crippen molar-refractivity contribution in [3.63, 3.8) is 0 Å². The van der Waals surface area contributed by atoms with Gasteiger partial charge in [0.1, 0.15) is 5.82 Å². The molecule has 2 aromatic rings. The predicted octanol–water partition coefficient (Wildman–Crippen LogP) is 1.43. The van der Waals surface area contributed by atoms with Gasteiger partial charge in [-0.15, -0.1) is 0 Å². The van der Waals surface area contributed by atoms with E-state index in [2.05, 4.69) is 15.2 Å². The lowest BCUT2D eigenvalue weighted by atomic mass is 10.0. The first-order chi connectivity index (χ1) is 9.81. The first-order valence-electron chi connectivity index (χ1n) is 6.73. The van der Waals surface area contributed by atoms with Gasteiger partial charge in [0.05, 0.1) is 12.7 Å². The van der Waals surface area contributed by atoms with Crippen LogP contribution in [0.15, 0.2) is 30.5 Å². The fourth-order valence-corrected chi connectivity index (χ4v) is 2.61.